The molecule has 0 unspecified atom stereocenters. The first kappa shape index (κ1) is 11.8. The Labute approximate surface area is 89.1 Å². The molecule has 0 atom stereocenters. The zero-order valence-electron chi connectivity index (χ0n) is 7.40. The molecule has 15 heavy (non-hydrogen) atoms. The van der Waals surface area contributed by atoms with Gasteiger partial charge < -0.3 is 5.73 Å². The molecule has 0 aromatic heterocycles. The minimum atomic E-state index is -4.60. The molecule has 0 saturated carbocycles. The minimum Gasteiger partial charge on any atom is -0.326 e. The number of nitriles is 1. The van der Waals surface area contributed by atoms with Gasteiger partial charge in [-0.2, -0.15) is 18.4 Å². The predicted molar refractivity (Wildman–Crippen MR) is 49.1 cm³/mol. The van der Waals surface area contributed by atoms with E-state index in [1.54, 1.807) is 6.07 Å². The Morgan fingerprint density at radius 3 is 2.40 bits per heavy atom. The zero-order valence-corrected chi connectivity index (χ0v) is 8.15. The molecule has 0 amide bonds. The van der Waals surface area contributed by atoms with Crippen molar-refractivity contribution in [2.45, 2.75) is 12.7 Å². The van der Waals surface area contributed by atoms with Gasteiger partial charge in [-0.1, -0.05) is 11.6 Å². The van der Waals surface area contributed by atoms with E-state index in [2.05, 4.69) is 0 Å². The minimum absolute atomic E-state index is 0.103. The molecule has 0 saturated heterocycles. The SMILES string of the molecule is N#Cc1ccc(Cl)c(C(F)(F)F)c1CN. The van der Waals surface area contributed by atoms with Crippen molar-refractivity contribution in [1.82, 2.24) is 0 Å². The summed E-state index contributed by atoms with van der Waals surface area (Å²) in [4.78, 5) is 0. The van der Waals surface area contributed by atoms with E-state index in [-0.39, 0.29) is 17.7 Å². The van der Waals surface area contributed by atoms with E-state index < -0.39 is 16.8 Å². The highest BCUT2D eigenvalue weighted by Crippen LogP contribution is 2.38. The molecule has 0 aliphatic rings. The maximum Gasteiger partial charge on any atom is 0.418 e. The monoisotopic (exact) mass is 234 g/mol. The summed E-state index contributed by atoms with van der Waals surface area (Å²) in [6.45, 7) is -0.377. The van der Waals surface area contributed by atoms with Crippen molar-refractivity contribution in [1.29, 1.82) is 5.26 Å². The van der Waals surface area contributed by atoms with Crippen molar-refractivity contribution in [3.05, 3.63) is 33.8 Å². The van der Waals surface area contributed by atoms with Crippen LogP contribution in [0.25, 0.3) is 0 Å². The molecule has 1 aromatic carbocycles. The lowest BCUT2D eigenvalue weighted by Crippen LogP contribution is -2.14. The van der Waals surface area contributed by atoms with Crippen LogP contribution in [0.3, 0.4) is 0 Å². The zero-order chi connectivity index (χ0) is 11.6. The smallest absolute Gasteiger partial charge is 0.326 e. The molecule has 6 heteroatoms. The van der Waals surface area contributed by atoms with Crippen LogP contribution in [0.1, 0.15) is 16.7 Å². The van der Waals surface area contributed by atoms with Gasteiger partial charge in [-0.15, -0.1) is 0 Å². The van der Waals surface area contributed by atoms with E-state index >= 15 is 0 Å². The second kappa shape index (κ2) is 4.09. The van der Waals surface area contributed by atoms with Crippen molar-refractivity contribution >= 4 is 11.6 Å². The van der Waals surface area contributed by atoms with Crippen LogP contribution in [0.15, 0.2) is 12.1 Å². The van der Waals surface area contributed by atoms with Crippen molar-refractivity contribution in [3.63, 3.8) is 0 Å². The van der Waals surface area contributed by atoms with Crippen LogP contribution < -0.4 is 5.73 Å². The molecular weight excluding hydrogens is 229 g/mol. The largest absolute Gasteiger partial charge is 0.418 e. The summed E-state index contributed by atoms with van der Waals surface area (Å²) in [6.07, 6.45) is -4.60. The maximum atomic E-state index is 12.6. The van der Waals surface area contributed by atoms with Gasteiger partial charge in [0.25, 0.3) is 0 Å². The number of halogens is 4. The van der Waals surface area contributed by atoms with Crippen LogP contribution in [0.4, 0.5) is 13.2 Å². The van der Waals surface area contributed by atoms with Gasteiger partial charge in [0.05, 0.1) is 22.2 Å². The van der Waals surface area contributed by atoms with Gasteiger partial charge in [0, 0.05) is 6.54 Å². The van der Waals surface area contributed by atoms with Crippen molar-refractivity contribution in [2.24, 2.45) is 5.73 Å². The third-order valence-corrected chi connectivity index (χ3v) is 2.19. The summed E-state index contributed by atoms with van der Waals surface area (Å²) in [5.74, 6) is 0. The summed E-state index contributed by atoms with van der Waals surface area (Å²) >= 11 is 5.44. The summed E-state index contributed by atoms with van der Waals surface area (Å²) in [6, 6.07) is 3.91. The van der Waals surface area contributed by atoms with Crippen molar-refractivity contribution in [3.8, 4) is 6.07 Å². The molecule has 2 N–H and O–H groups in total. The fourth-order valence-corrected chi connectivity index (χ4v) is 1.53. The van der Waals surface area contributed by atoms with Crippen LogP contribution in [-0.2, 0) is 12.7 Å². The Bertz CT molecular complexity index is 421. The first-order chi connectivity index (χ1) is 6.91. The molecule has 1 rings (SSSR count). The third kappa shape index (κ3) is 2.22. The molecule has 0 aliphatic carbocycles. The van der Waals surface area contributed by atoms with Crippen molar-refractivity contribution < 1.29 is 13.2 Å². The Kier molecular flexibility index (Phi) is 3.22. The van der Waals surface area contributed by atoms with E-state index in [4.69, 9.17) is 22.6 Å². The summed E-state index contributed by atoms with van der Waals surface area (Å²) < 4.78 is 37.7. The molecule has 0 fully saturated rings. The first-order valence-corrected chi connectivity index (χ1v) is 4.28. The molecule has 1 aromatic rings. The molecule has 0 spiro atoms. The number of rotatable bonds is 1. The molecule has 0 aliphatic heterocycles. The highest BCUT2D eigenvalue weighted by atomic mass is 35.5. The quantitative estimate of drug-likeness (QED) is 0.812. The van der Waals surface area contributed by atoms with Crippen LogP contribution in [-0.4, -0.2) is 0 Å². The molecule has 0 radical (unpaired) electrons. The van der Waals surface area contributed by atoms with Gasteiger partial charge in [-0.05, 0) is 17.7 Å². The summed E-state index contributed by atoms with van der Waals surface area (Å²) in [5, 5.41) is 8.17. The van der Waals surface area contributed by atoms with Gasteiger partial charge in [0.15, 0.2) is 0 Å². The van der Waals surface area contributed by atoms with Gasteiger partial charge in [-0.3, -0.25) is 0 Å². The molecular formula is C9H6ClF3N2. The van der Waals surface area contributed by atoms with Crippen LogP contribution in [0.5, 0.6) is 0 Å². The average molecular weight is 235 g/mol. The Morgan fingerprint density at radius 2 is 2.00 bits per heavy atom. The van der Waals surface area contributed by atoms with Crippen LogP contribution >= 0.6 is 11.6 Å². The van der Waals surface area contributed by atoms with E-state index in [0.717, 1.165) is 6.07 Å². The fourth-order valence-electron chi connectivity index (χ4n) is 1.24. The molecule has 2 nitrogen and oxygen atoms in total. The number of hydrogen-bond acceptors (Lipinski definition) is 2. The van der Waals surface area contributed by atoms with Gasteiger partial charge in [0.1, 0.15) is 0 Å². The van der Waals surface area contributed by atoms with E-state index in [0.29, 0.717) is 0 Å². The third-order valence-electron chi connectivity index (χ3n) is 1.87. The Hall–Kier alpha value is -1.25. The highest BCUT2D eigenvalue weighted by molar-refractivity contribution is 6.31. The number of nitrogens with two attached hydrogens (primary N) is 1. The van der Waals surface area contributed by atoms with Crippen LogP contribution in [0.2, 0.25) is 5.02 Å². The lowest BCUT2D eigenvalue weighted by atomic mass is 10.0. The lowest BCUT2D eigenvalue weighted by molar-refractivity contribution is -0.138. The fraction of sp³-hybridized carbons (Fsp3) is 0.222. The van der Waals surface area contributed by atoms with Crippen molar-refractivity contribution in [2.75, 3.05) is 0 Å². The second-order valence-corrected chi connectivity index (χ2v) is 3.17. The topological polar surface area (TPSA) is 49.8 Å². The van der Waals surface area contributed by atoms with E-state index in [1.165, 1.54) is 6.07 Å². The number of benzene rings is 1. The molecule has 0 heterocycles. The lowest BCUT2D eigenvalue weighted by Gasteiger charge is -2.14. The normalized spacial score (nSPS) is 11.2. The number of nitrogens with zero attached hydrogens (tertiary/aromatic N) is 1. The van der Waals surface area contributed by atoms with Gasteiger partial charge in [-0.25, -0.2) is 0 Å². The average Bonchev–Trinajstić information content (AvgIpc) is 2.15. The summed E-state index contributed by atoms with van der Waals surface area (Å²) in [5.41, 5.74) is 3.79. The highest BCUT2D eigenvalue weighted by Gasteiger charge is 2.36. The predicted octanol–water partition coefficient (Wildman–Crippen LogP) is 2.69. The number of hydrogen-bond donors (Lipinski definition) is 1. The second-order valence-electron chi connectivity index (χ2n) is 2.76. The van der Waals surface area contributed by atoms with Gasteiger partial charge in [0.2, 0.25) is 0 Å². The molecule has 0 bridgehead atoms. The standard InChI is InChI=1S/C9H6ClF3N2/c10-7-2-1-5(3-14)6(4-15)8(7)9(11,12)13/h1-2H,4,15H2. The first-order valence-electron chi connectivity index (χ1n) is 3.90. The van der Waals surface area contributed by atoms with Gasteiger partial charge >= 0.3 is 6.18 Å². The van der Waals surface area contributed by atoms with Crippen LogP contribution in [0, 0.1) is 11.3 Å². The summed E-state index contributed by atoms with van der Waals surface area (Å²) in [7, 11) is 0. The Morgan fingerprint density at radius 1 is 1.40 bits per heavy atom. The maximum absolute atomic E-state index is 12.6. The number of alkyl halides is 3. The van der Waals surface area contributed by atoms with E-state index in [9.17, 15) is 13.2 Å². The van der Waals surface area contributed by atoms with E-state index in [1.807, 2.05) is 0 Å². The Balaban J connectivity index is 3.55. The molecule has 80 valence electrons.